The number of amidine groups is 1. The highest BCUT2D eigenvalue weighted by Crippen LogP contribution is 2.32. The fourth-order valence-corrected chi connectivity index (χ4v) is 3.04. The van der Waals surface area contributed by atoms with Gasteiger partial charge in [-0.15, -0.1) is 0 Å². The summed E-state index contributed by atoms with van der Waals surface area (Å²) in [5.41, 5.74) is 0.132. The van der Waals surface area contributed by atoms with Gasteiger partial charge in [-0.05, 0) is 59.8 Å². The normalized spacial score (nSPS) is 18.0. The number of carbonyl (C=O) groups is 1. The lowest BCUT2D eigenvalue weighted by Gasteiger charge is -2.06. The van der Waals surface area contributed by atoms with Gasteiger partial charge < -0.3 is 5.32 Å². The molecule has 3 rings (SSSR count). The van der Waals surface area contributed by atoms with E-state index >= 15 is 0 Å². The van der Waals surface area contributed by atoms with Crippen LogP contribution in [0.2, 0.25) is 5.02 Å². The summed E-state index contributed by atoms with van der Waals surface area (Å²) in [6.45, 7) is 0. The molecule has 1 saturated heterocycles. The Labute approximate surface area is 150 Å². The van der Waals surface area contributed by atoms with Gasteiger partial charge in [0.15, 0.2) is 5.17 Å². The molecule has 25 heavy (non-hydrogen) atoms. The lowest BCUT2D eigenvalue weighted by Crippen LogP contribution is -2.19. The Kier molecular flexibility index (Phi) is 4.87. The van der Waals surface area contributed by atoms with E-state index in [-0.39, 0.29) is 4.91 Å². The highest BCUT2D eigenvalue weighted by Gasteiger charge is 2.30. The predicted molar refractivity (Wildman–Crippen MR) is 93.7 cm³/mol. The average Bonchev–Trinajstić information content (AvgIpc) is 2.88. The number of benzene rings is 2. The van der Waals surface area contributed by atoms with Crippen LogP contribution in [0, 0.1) is 0 Å². The number of hydrogen-bond donors (Lipinski definition) is 1. The van der Waals surface area contributed by atoms with Crippen molar-refractivity contribution < 1.29 is 18.0 Å². The lowest BCUT2D eigenvalue weighted by atomic mass is 10.1. The van der Waals surface area contributed by atoms with Gasteiger partial charge in [0, 0.05) is 5.02 Å². The van der Waals surface area contributed by atoms with Crippen molar-refractivity contribution in [1.29, 1.82) is 0 Å². The van der Waals surface area contributed by atoms with Crippen molar-refractivity contribution in [2.75, 3.05) is 0 Å². The molecule has 1 aliphatic rings. The van der Waals surface area contributed by atoms with Crippen molar-refractivity contribution >= 4 is 46.2 Å². The number of nitrogens with one attached hydrogen (secondary N) is 1. The van der Waals surface area contributed by atoms with E-state index in [1.165, 1.54) is 18.2 Å². The Bertz CT molecular complexity index is 876. The number of amides is 1. The zero-order chi connectivity index (χ0) is 18.0. The number of rotatable bonds is 2. The smallest absolute Gasteiger partial charge is 0.300 e. The summed E-state index contributed by atoms with van der Waals surface area (Å²) >= 11 is 6.86. The third kappa shape index (κ3) is 4.43. The van der Waals surface area contributed by atoms with Crippen molar-refractivity contribution in [3.8, 4) is 0 Å². The van der Waals surface area contributed by atoms with E-state index in [0.717, 1.165) is 23.9 Å². The molecule has 1 amide bonds. The standard InChI is InChI=1S/C17H10ClF3N2OS/c18-12-4-6-13(7-5-12)22-16-23-15(24)14(25-16)9-10-2-1-3-11(8-10)17(19,20)21/h1-9H,(H,22,23,24)/b14-9+. The molecule has 1 fully saturated rings. The summed E-state index contributed by atoms with van der Waals surface area (Å²) in [6.07, 6.45) is -3.03. The second-order valence-electron chi connectivity index (χ2n) is 5.08. The molecule has 128 valence electrons. The van der Waals surface area contributed by atoms with Gasteiger partial charge in [0.1, 0.15) is 0 Å². The monoisotopic (exact) mass is 382 g/mol. The molecule has 0 aliphatic carbocycles. The van der Waals surface area contributed by atoms with Gasteiger partial charge in [-0.3, -0.25) is 4.79 Å². The van der Waals surface area contributed by atoms with E-state index in [1.807, 2.05) is 0 Å². The van der Waals surface area contributed by atoms with E-state index in [2.05, 4.69) is 10.3 Å². The molecule has 0 unspecified atom stereocenters. The first kappa shape index (κ1) is 17.6. The SMILES string of the molecule is O=C1NC(=Nc2ccc(Cl)cc2)S/C1=C/c1cccc(C(F)(F)F)c1. The van der Waals surface area contributed by atoms with Gasteiger partial charge in [0.2, 0.25) is 0 Å². The van der Waals surface area contributed by atoms with E-state index in [4.69, 9.17) is 11.6 Å². The first-order valence-electron chi connectivity index (χ1n) is 7.04. The quantitative estimate of drug-likeness (QED) is 0.721. The van der Waals surface area contributed by atoms with Gasteiger partial charge in [0.25, 0.3) is 5.91 Å². The van der Waals surface area contributed by atoms with E-state index in [0.29, 0.717) is 21.4 Å². The summed E-state index contributed by atoms with van der Waals surface area (Å²) in [5, 5.41) is 3.50. The van der Waals surface area contributed by atoms with Crippen LogP contribution in [-0.4, -0.2) is 11.1 Å². The molecule has 0 radical (unpaired) electrons. The second kappa shape index (κ2) is 6.93. The van der Waals surface area contributed by atoms with Crippen molar-refractivity contribution in [1.82, 2.24) is 5.32 Å². The maximum absolute atomic E-state index is 12.8. The third-order valence-corrected chi connectivity index (χ3v) is 4.38. The minimum Gasteiger partial charge on any atom is -0.300 e. The summed E-state index contributed by atoms with van der Waals surface area (Å²) < 4.78 is 38.3. The van der Waals surface area contributed by atoms with Crippen LogP contribution in [0.15, 0.2) is 58.4 Å². The molecule has 0 atom stereocenters. The Hall–Kier alpha value is -2.25. The molecule has 0 saturated carbocycles. The number of carbonyl (C=O) groups excluding carboxylic acids is 1. The van der Waals surface area contributed by atoms with Crippen LogP contribution in [0.4, 0.5) is 18.9 Å². The van der Waals surface area contributed by atoms with E-state index in [1.54, 1.807) is 24.3 Å². The van der Waals surface area contributed by atoms with Crippen LogP contribution < -0.4 is 5.32 Å². The average molecular weight is 383 g/mol. The first-order chi connectivity index (χ1) is 11.8. The van der Waals surface area contributed by atoms with Crippen LogP contribution in [0.3, 0.4) is 0 Å². The highest BCUT2D eigenvalue weighted by atomic mass is 35.5. The molecule has 1 heterocycles. The Balaban J connectivity index is 1.83. The molecular formula is C17H10ClF3N2OS. The highest BCUT2D eigenvalue weighted by molar-refractivity contribution is 8.18. The van der Waals surface area contributed by atoms with Crippen molar-refractivity contribution in [2.24, 2.45) is 4.99 Å². The molecule has 0 bridgehead atoms. The zero-order valence-electron chi connectivity index (χ0n) is 12.5. The fourth-order valence-electron chi connectivity index (χ4n) is 2.07. The topological polar surface area (TPSA) is 41.5 Å². The molecule has 1 N–H and O–H groups in total. The maximum atomic E-state index is 12.8. The minimum atomic E-state index is -4.43. The van der Waals surface area contributed by atoms with Crippen LogP contribution in [0.5, 0.6) is 0 Å². The Morgan fingerprint density at radius 1 is 1.12 bits per heavy atom. The van der Waals surface area contributed by atoms with Gasteiger partial charge in [-0.25, -0.2) is 4.99 Å². The Morgan fingerprint density at radius 2 is 1.84 bits per heavy atom. The molecule has 1 aliphatic heterocycles. The minimum absolute atomic E-state index is 0.270. The largest absolute Gasteiger partial charge is 0.416 e. The molecular weight excluding hydrogens is 373 g/mol. The van der Waals surface area contributed by atoms with E-state index in [9.17, 15) is 18.0 Å². The number of halogens is 4. The van der Waals surface area contributed by atoms with Crippen LogP contribution in [-0.2, 0) is 11.0 Å². The number of nitrogens with zero attached hydrogens (tertiary/aromatic N) is 1. The first-order valence-corrected chi connectivity index (χ1v) is 8.23. The van der Waals surface area contributed by atoms with Gasteiger partial charge in [-0.1, -0.05) is 23.7 Å². The van der Waals surface area contributed by atoms with Crippen LogP contribution in [0.25, 0.3) is 6.08 Å². The van der Waals surface area contributed by atoms with Gasteiger partial charge in [-0.2, -0.15) is 13.2 Å². The van der Waals surface area contributed by atoms with Crippen molar-refractivity contribution in [2.45, 2.75) is 6.18 Å². The van der Waals surface area contributed by atoms with Crippen molar-refractivity contribution in [3.63, 3.8) is 0 Å². The second-order valence-corrected chi connectivity index (χ2v) is 6.55. The number of hydrogen-bond acceptors (Lipinski definition) is 3. The van der Waals surface area contributed by atoms with Crippen molar-refractivity contribution in [3.05, 3.63) is 69.6 Å². The summed E-state index contributed by atoms with van der Waals surface area (Å²) in [6, 6.07) is 11.5. The molecule has 0 spiro atoms. The van der Waals surface area contributed by atoms with Gasteiger partial charge in [0.05, 0.1) is 16.2 Å². The predicted octanol–water partition coefficient (Wildman–Crippen LogP) is 5.25. The fraction of sp³-hybridized carbons (Fsp3) is 0.0588. The van der Waals surface area contributed by atoms with Crippen LogP contribution >= 0.6 is 23.4 Å². The molecule has 0 aromatic heterocycles. The summed E-state index contributed by atoms with van der Waals surface area (Å²) in [7, 11) is 0. The molecule has 2 aromatic rings. The summed E-state index contributed by atoms with van der Waals surface area (Å²) in [5.74, 6) is -0.407. The third-order valence-electron chi connectivity index (χ3n) is 3.22. The molecule has 2 aromatic carbocycles. The number of alkyl halides is 3. The Morgan fingerprint density at radius 3 is 2.52 bits per heavy atom. The van der Waals surface area contributed by atoms with Crippen LogP contribution in [0.1, 0.15) is 11.1 Å². The summed E-state index contributed by atoms with van der Waals surface area (Å²) in [4.78, 5) is 16.5. The van der Waals surface area contributed by atoms with E-state index < -0.39 is 17.6 Å². The zero-order valence-corrected chi connectivity index (χ0v) is 14.0. The maximum Gasteiger partial charge on any atom is 0.416 e. The molecule has 3 nitrogen and oxygen atoms in total. The lowest BCUT2D eigenvalue weighted by molar-refractivity contribution is -0.137. The number of aliphatic imine (C=N–C) groups is 1. The number of thioether (sulfide) groups is 1. The van der Waals surface area contributed by atoms with Gasteiger partial charge >= 0.3 is 6.18 Å². The molecule has 8 heteroatoms.